The molecule has 0 aliphatic heterocycles. The predicted octanol–water partition coefficient (Wildman–Crippen LogP) is 2.14. The molecule has 4 heteroatoms. The molecule has 0 amide bonds. The number of aryl methyl sites for hydroxylation is 1. The Balaban J connectivity index is 2.82. The van der Waals surface area contributed by atoms with E-state index >= 15 is 0 Å². The number of guanidine groups is 1. The molecule has 0 fully saturated rings. The van der Waals surface area contributed by atoms with Crippen LogP contribution in [0.15, 0.2) is 23.2 Å². The maximum absolute atomic E-state index is 5.75. The fourth-order valence-electron chi connectivity index (χ4n) is 1.33. The molecule has 0 aromatic heterocycles. The maximum atomic E-state index is 5.75. The van der Waals surface area contributed by atoms with Crippen LogP contribution in [-0.4, -0.2) is 19.6 Å². The summed E-state index contributed by atoms with van der Waals surface area (Å²) < 4.78 is 5.23. The van der Waals surface area contributed by atoms with Crippen molar-refractivity contribution in [3.05, 3.63) is 23.8 Å². The summed E-state index contributed by atoms with van der Waals surface area (Å²) in [6.45, 7) is 4.81. The summed E-state index contributed by atoms with van der Waals surface area (Å²) >= 11 is 0. The zero-order chi connectivity index (χ0) is 12.0. The standard InChI is InChI=1S/C12H19N3O/c1-4-7-14-12(13)15-10-8-9(2)5-6-11(10)16-3/h5-6,8H,4,7H2,1-3H3,(H3,13,14,15). The number of nitrogens with zero attached hydrogens (tertiary/aromatic N) is 1. The molecule has 1 aromatic carbocycles. The van der Waals surface area contributed by atoms with E-state index in [0.29, 0.717) is 5.96 Å². The number of benzene rings is 1. The second-order valence-corrected chi connectivity index (χ2v) is 3.60. The van der Waals surface area contributed by atoms with Crippen molar-refractivity contribution in [1.82, 2.24) is 0 Å². The Morgan fingerprint density at radius 1 is 1.50 bits per heavy atom. The molecule has 0 saturated heterocycles. The fraction of sp³-hybridized carbons (Fsp3) is 0.417. The number of hydrogen-bond donors (Lipinski definition) is 2. The molecule has 4 nitrogen and oxygen atoms in total. The molecule has 3 N–H and O–H groups in total. The van der Waals surface area contributed by atoms with Crippen molar-refractivity contribution in [1.29, 1.82) is 0 Å². The van der Waals surface area contributed by atoms with E-state index in [4.69, 9.17) is 10.5 Å². The van der Waals surface area contributed by atoms with Crippen molar-refractivity contribution in [2.75, 3.05) is 19.0 Å². The quantitative estimate of drug-likeness (QED) is 0.605. The first-order chi connectivity index (χ1) is 7.67. The molecular weight excluding hydrogens is 202 g/mol. The average Bonchev–Trinajstić information content (AvgIpc) is 2.27. The third-order valence-electron chi connectivity index (χ3n) is 2.12. The van der Waals surface area contributed by atoms with Gasteiger partial charge >= 0.3 is 0 Å². The normalized spacial score (nSPS) is 11.3. The molecular formula is C12H19N3O. The second-order valence-electron chi connectivity index (χ2n) is 3.60. The van der Waals surface area contributed by atoms with E-state index in [-0.39, 0.29) is 0 Å². The third kappa shape index (κ3) is 3.46. The van der Waals surface area contributed by atoms with Gasteiger partial charge in [-0.25, -0.2) is 0 Å². The minimum absolute atomic E-state index is 0.422. The Morgan fingerprint density at radius 3 is 2.88 bits per heavy atom. The van der Waals surface area contributed by atoms with Crippen LogP contribution in [0.4, 0.5) is 5.69 Å². The van der Waals surface area contributed by atoms with E-state index in [1.807, 2.05) is 25.1 Å². The van der Waals surface area contributed by atoms with E-state index in [9.17, 15) is 0 Å². The molecule has 1 rings (SSSR count). The average molecular weight is 221 g/mol. The Morgan fingerprint density at radius 2 is 2.25 bits per heavy atom. The van der Waals surface area contributed by atoms with Gasteiger partial charge in [0.1, 0.15) is 5.75 Å². The Kier molecular flexibility index (Phi) is 4.64. The Labute approximate surface area is 96.5 Å². The first-order valence-corrected chi connectivity index (χ1v) is 5.39. The highest BCUT2D eigenvalue weighted by Gasteiger charge is 2.03. The summed E-state index contributed by atoms with van der Waals surface area (Å²) in [6, 6.07) is 5.88. The van der Waals surface area contributed by atoms with Crippen molar-refractivity contribution < 1.29 is 4.74 Å². The topological polar surface area (TPSA) is 59.6 Å². The summed E-state index contributed by atoms with van der Waals surface area (Å²) in [5, 5.41) is 3.04. The van der Waals surface area contributed by atoms with Gasteiger partial charge in [-0.15, -0.1) is 0 Å². The molecule has 0 unspecified atom stereocenters. The number of rotatable bonds is 4. The number of hydrogen-bond acceptors (Lipinski definition) is 2. The minimum Gasteiger partial charge on any atom is -0.495 e. The van der Waals surface area contributed by atoms with Gasteiger partial charge in [0.15, 0.2) is 5.96 Å². The van der Waals surface area contributed by atoms with E-state index in [2.05, 4.69) is 17.2 Å². The largest absolute Gasteiger partial charge is 0.495 e. The lowest BCUT2D eigenvalue weighted by Crippen LogP contribution is -2.23. The summed E-state index contributed by atoms with van der Waals surface area (Å²) in [6.07, 6.45) is 0.979. The van der Waals surface area contributed by atoms with Gasteiger partial charge in [0.25, 0.3) is 0 Å². The van der Waals surface area contributed by atoms with Crippen molar-refractivity contribution >= 4 is 11.6 Å². The molecule has 16 heavy (non-hydrogen) atoms. The van der Waals surface area contributed by atoms with Crippen LogP contribution in [0, 0.1) is 6.92 Å². The molecule has 0 heterocycles. The summed E-state index contributed by atoms with van der Waals surface area (Å²) in [4.78, 5) is 4.17. The molecule has 0 bridgehead atoms. The highest BCUT2D eigenvalue weighted by Crippen LogP contribution is 2.24. The van der Waals surface area contributed by atoms with Crippen LogP contribution in [0.5, 0.6) is 5.75 Å². The highest BCUT2D eigenvalue weighted by molar-refractivity contribution is 5.93. The third-order valence-corrected chi connectivity index (χ3v) is 2.12. The number of anilines is 1. The summed E-state index contributed by atoms with van der Waals surface area (Å²) in [7, 11) is 1.63. The van der Waals surface area contributed by atoms with Gasteiger partial charge in [0, 0.05) is 6.54 Å². The molecule has 1 aromatic rings. The molecule has 0 aliphatic rings. The fourth-order valence-corrected chi connectivity index (χ4v) is 1.33. The Bertz CT molecular complexity index is 375. The van der Waals surface area contributed by atoms with Gasteiger partial charge in [-0.1, -0.05) is 13.0 Å². The number of nitrogens with two attached hydrogens (primary N) is 1. The van der Waals surface area contributed by atoms with Crippen molar-refractivity contribution in [2.45, 2.75) is 20.3 Å². The number of methoxy groups -OCH3 is 1. The smallest absolute Gasteiger partial charge is 0.193 e. The van der Waals surface area contributed by atoms with Gasteiger partial charge in [-0.3, -0.25) is 4.99 Å². The van der Waals surface area contributed by atoms with Crippen molar-refractivity contribution in [3.63, 3.8) is 0 Å². The van der Waals surface area contributed by atoms with Gasteiger partial charge in [0.05, 0.1) is 12.8 Å². The number of aliphatic imine (C=N–C) groups is 1. The maximum Gasteiger partial charge on any atom is 0.193 e. The first kappa shape index (κ1) is 12.4. The summed E-state index contributed by atoms with van der Waals surface area (Å²) in [5.74, 6) is 1.19. The van der Waals surface area contributed by atoms with Gasteiger partial charge < -0.3 is 15.8 Å². The molecule has 0 spiro atoms. The first-order valence-electron chi connectivity index (χ1n) is 5.39. The number of ether oxygens (including phenoxy) is 1. The molecule has 0 saturated carbocycles. The highest BCUT2D eigenvalue weighted by atomic mass is 16.5. The van der Waals surface area contributed by atoms with E-state index in [1.54, 1.807) is 7.11 Å². The lowest BCUT2D eigenvalue weighted by atomic mass is 10.2. The minimum atomic E-state index is 0.422. The van der Waals surface area contributed by atoms with Gasteiger partial charge in [0.2, 0.25) is 0 Å². The zero-order valence-electron chi connectivity index (χ0n) is 10.1. The monoisotopic (exact) mass is 221 g/mol. The zero-order valence-corrected chi connectivity index (χ0v) is 10.1. The van der Waals surface area contributed by atoms with Crippen LogP contribution < -0.4 is 15.8 Å². The van der Waals surface area contributed by atoms with Gasteiger partial charge in [-0.2, -0.15) is 0 Å². The summed E-state index contributed by atoms with van der Waals surface area (Å²) in [5.41, 5.74) is 7.74. The molecule has 88 valence electrons. The van der Waals surface area contributed by atoms with Crippen LogP contribution in [0.2, 0.25) is 0 Å². The SMILES string of the molecule is CCCN=C(N)Nc1cc(C)ccc1OC. The van der Waals surface area contributed by atoms with Crippen molar-refractivity contribution in [2.24, 2.45) is 10.7 Å². The van der Waals surface area contributed by atoms with Crippen LogP contribution in [0.3, 0.4) is 0 Å². The lowest BCUT2D eigenvalue weighted by molar-refractivity contribution is 0.417. The molecule has 0 aliphatic carbocycles. The predicted molar refractivity (Wildman–Crippen MR) is 68.1 cm³/mol. The van der Waals surface area contributed by atoms with E-state index in [1.165, 1.54) is 0 Å². The second kappa shape index (κ2) is 6.00. The van der Waals surface area contributed by atoms with Crippen LogP contribution in [0.25, 0.3) is 0 Å². The van der Waals surface area contributed by atoms with Gasteiger partial charge in [-0.05, 0) is 31.0 Å². The molecule has 0 atom stereocenters. The van der Waals surface area contributed by atoms with Crippen LogP contribution >= 0.6 is 0 Å². The van der Waals surface area contributed by atoms with E-state index in [0.717, 1.165) is 30.0 Å². The molecule has 0 radical (unpaired) electrons. The Hall–Kier alpha value is -1.71. The van der Waals surface area contributed by atoms with E-state index < -0.39 is 0 Å². The van der Waals surface area contributed by atoms with Crippen LogP contribution in [-0.2, 0) is 0 Å². The number of nitrogens with one attached hydrogen (secondary N) is 1. The lowest BCUT2D eigenvalue weighted by Gasteiger charge is -2.11. The van der Waals surface area contributed by atoms with Crippen LogP contribution in [0.1, 0.15) is 18.9 Å². The van der Waals surface area contributed by atoms with Crippen molar-refractivity contribution in [3.8, 4) is 5.75 Å².